The summed E-state index contributed by atoms with van der Waals surface area (Å²) in [6.45, 7) is 8.11. The van der Waals surface area contributed by atoms with Crippen molar-refractivity contribution in [3.05, 3.63) is 124 Å². The van der Waals surface area contributed by atoms with E-state index in [1.54, 1.807) is 14.0 Å². The molecule has 0 aliphatic heterocycles. The van der Waals surface area contributed by atoms with Gasteiger partial charge in [-0.15, -0.1) is 0 Å². The van der Waals surface area contributed by atoms with Crippen LogP contribution in [0.3, 0.4) is 0 Å². The van der Waals surface area contributed by atoms with E-state index in [0.717, 1.165) is 39.8 Å². The van der Waals surface area contributed by atoms with Crippen LogP contribution in [0.25, 0.3) is 0 Å². The van der Waals surface area contributed by atoms with Crippen LogP contribution in [0.2, 0.25) is 5.02 Å². The van der Waals surface area contributed by atoms with E-state index in [1.807, 2.05) is 106 Å². The number of anilines is 2. The second-order valence-electron chi connectivity index (χ2n) is 9.91. The molecule has 0 saturated carbocycles. The molecule has 0 unspecified atom stereocenters. The quantitative estimate of drug-likeness (QED) is 0.177. The van der Waals surface area contributed by atoms with Gasteiger partial charge in [-0.1, -0.05) is 72.5 Å². The van der Waals surface area contributed by atoms with Gasteiger partial charge < -0.3 is 15.4 Å². The smallest absolute Gasteiger partial charge is 0.271 e. The molecule has 224 valence electrons. The Labute approximate surface area is 263 Å². The van der Waals surface area contributed by atoms with Gasteiger partial charge in [-0.2, -0.15) is 5.10 Å². The van der Waals surface area contributed by atoms with Crippen LogP contribution in [0.15, 0.2) is 84.9 Å². The first-order valence-corrected chi connectivity index (χ1v) is 14.6. The number of aryl methyl sites for hydroxylation is 4. The summed E-state index contributed by atoms with van der Waals surface area (Å²) in [6.07, 6.45) is 0.683. The molecule has 5 aromatic rings. The van der Waals surface area contributed by atoms with Crippen molar-refractivity contribution in [1.29, 1.82) is 0 Å². The molecule has 0 bridgehead atoms. The number of aromatic nitrogens is 4. The monoisotopic (exact) mass is 606 g/mol. The van der Waals surface area contributed by atoms with Gasteiger partial charge in [0.15, 0.2) is 0 Å². The molecule has 2 heterocycles. The number of carbonyl (C=O) groups is 1. The predicted molar refractivity (Wildman–Crippen MR) is 176 cm³/mol. The van der Waals surface area contributed by atoms with E-state index in [0.29, 0.717) is 29.6 Å². The van der Waals surface area contributed by atoms with E-state index in [1.165, 1.54) is 10.2 Å². The number of halogens is 1. The first kappa shape index (κ1) is 31.8. The van der Waals surface area contributed by atoms with Crippen molar-refractivity contribution < 1.29 is 9.53 Å². The van der Waals surface area contributed by atoms with Crippen molar-refractivity contribution >= 4 is 29.1 Å². The topological polar surface area (TPSA) is 94.0 Å². The molecule has 2 aromatic heterocycles. The zero-order chi connectivity index (χ0) is 31.5. The number of nitrogens with zero attached hydrogens (tertiary/aromatic N) is 4. The molecule has 0 fully saturated rings. The maximum atomic E-state index is 12.4. The lowest BCUT2D eigenvalue weighted by Crippen LogP contribution is -2.25. The minimum absolute atomic E-state index is 0.241. The summed E-state index contributed by atoms with van der Waals surface area (Å²) < 4.78 is 7.34. The molecular weight excluding hydrogens is 572 g/mol. The number of benzene rings is 3. The molecule has 1 amide bonds. The second kappa shape index (κ2) is 15.4. The SMILES string of the molecule is CC#Cc1cc(C)nc(Nc2ccccc2)n1.CCc1nn(C)c(C(=O)NCc2ccc(Oc3ccc(C)cc3)cc2)c1Cl. The van der Waals surface area contributed by atoms with Crippen molar-refractivity contribution in [3.63, 3.8) is 0 Å². The van der Waals surface area contributed by atoms with Crippen molar-refractivity contribution in [2.24, 2.45) is 7.05 Å². The van der Waals surface area contributed by atoms with Crippen molar-refractivity contribution in [1.82, 2.24) is 25.1 Å². The van der Waals surface area contributed by atoms with Crippen LogP contribution in [0.5, 0.6) is 11.5 Å². The van der Waals surface area contributed by atoms with Gasteiger partial charge in [-0.05, 0) is 81.1 Å². The first-order valence-electron chi connectivity index (χ1n) is 14.2. The Bertz CT molecular complexity index is 1760. The molecule has 0 atom stereocenters. The molecule has 2 N–H and O–H groups in total. The lowest BCUT2D eigenvalue weighted by atomic mass is 10.2. The molecule has 0 aliphatic rings. The number of amides is 1. The number of hydrogen-bond acceptors (Lipinski definition) is 6. The van der Waals surface area contributed by atoms with Crippen LogP contribution in [0.4, 0.5) is 11.6 Å². The van der Waals surface area contributed by atoms with Gasteiger partial charge in [-0.25, -0.2) is 9.97 Å². The number of ether oxygens (including phenoxy) is 1. The maximum Gasteiger partial charge on any atom is 0.271 e. The summed E-state index contributed by atoms with van der Waals surface area (Å²) >= 11 is 6.25. The Morgan fingerprint density at radius 2 is 1.61 bits per heavy atom. The standard InChI is InChI=1S/C21H22ClN3O2.C14H13N3/c1-4-18-19(22)20(25(3)24-18)21(26)23-13-15-7-11-17(12-8-15)27-16-9-5-14(2)6-10-16;1-3-7-13-10-11(2)15-14(17-13)16-12-8-5-4-6-9-12/h5-12H,4,13H2,1-3H3,(H,23,26);4-6,8-10H,1-2H3,(H,15,16,17). The van der Waals surface area contributed by atoms with Crippen LogP contribution in [-0.4, -0.2) is 25.7 Å². The lowest BCUT2D eigenvalue weighted by molar-refractivity contribution is 0.0941. The molecule has 0 aliphatic carbocycles. The van der Waals surface area contributed by atoms with E-state index in [2.05, 4.69) is 37.5 Å². The van der Waals surface area contributed by atoms with E-state index < -0.39 is 0 Å². The highest BCUT2D eigenvalue weighted by atomic mass is 35.5. The molecule has 44 heavy (non-hydrogen) atoms. The average molecular weight is 607 g/mol. The summed E-state index contributed by atoms with van der Waals surface area (Å²) in [5.74, 6) is 7.64. The normalized spacial score (nSPS) is 10.1. The Morgan fingerprint density at radius 1 is 0.955 bits per heavy atom. The van der Waals surface area contributed by atoms with Crippen LogP contribution in [-0.2, 0) is 20.0 Å². The van der Waals surface area contributed by atoms with Gasteiger partial charge in [-0.3, -0.25) is 9.48 Å². The van der Waals surface area contributed by atoms with Gasteiger partial charge in [0.25, 0.3) is 5.91 Å². The van der Waals surface area contributed by atoms with Crippen molar-refractivity contribution in [2.75, 3.05) is 5.32 Å². The summed E-state index contributed by atoms with van der Waals surface area (Å²) in [4.78, 5) is 21.1. The lowest BCUT2D eigenvalue weighted by Gasteiger charge is -2.09. The third kappa shape index (κ3) is 8.93. The zero-order valence-corrected chi connectivity index (χ0v) is 26.2. The van der Waals surface area contributed by atoms with Gasteiger partial charge in [0.05, 0.1) is 10.7 Å². The molecule has 0 spiro atoms. The molecule has 5 rings (SSSR count). The number of para-hydroxylation sites is 1. The molecular formula is C35H35ClN6O2. The summed E-state index contributed by atoms with van der Waals surface area (Å²) in [5.41, 5.74) is 5.86. The highest BCUT2D eigenvalue weighted by Gasteiger charge is 2.19. The Balaban J connectivity index is 0.000000223. The van der Waals surface area contributed by atoms with E-state index >= 15 is 0 Å². The largest absolute Gasteiger partial charge is 0.457 e. The predicted octanol–water partition coefficient (Wildman–Crippen LogP) is 7.57. The van der Waals surface area contributed by atoms with E-state index in [-0.39, 0.29) is 5.91 Å². The average Bonchev–Trinajstić information content (AvgIpc) is 3.31. The van der Waals surface area contributed by atoms with Crippen LogP contribution < -0.4 is 15.4 Å². The number of hydrogen-bond donors (Lipinski definition) is 2. The highest BCUT2D eigenvalue weighted by molar-refractivity contribution is 6.34. The number of nitrogens with one attached hydrogen (secondary N) is 2. The van der Waals surface area contributed by atoms with Crippen molar-refractivity contribution in [2.45, 2.75) is 40.7 Å². The summed E-state index contributed by atoms with van der Waals surface area (Å²) in [5, 5.41) is 10.7. The second-order valence-corrected chi connectivity index (χ2v) is 10.3. The molecule has 9 heteroatoms. The van der Waals surface area contributed by atoms with Crippen LogP contribution in [0.1, 0.15) is 52.5 Å². The fourth-order valence-corrected chi connectivity index (χ4v) is 4.56. The van der Waals surface area contributed by atoms with E-state index in [9.17, 15) is 4.79 Å². The van der Waals surface area contributed by atoms with Crippen LogP contribution in [0, 0.1) is 25.7 Å². The first-order chi connectivity index (χ1) is 21.2. The molecule has 8 nitrogen and oxygen atoms in total. The third-order valence-corrected chi connectivity index (χ3v) is 6.77. The minimum Gasteiger partial charge on any atom is -0.457 e. The Hall–Kier alpha value is -5.13. The van der Waals surface area contributed by atoms with Crippen LogP contribution >= 0.6 is 11.6 Å². The third-order valence-electron chi connectivity index (χ3n) is 6.38. The van der Waals surface area contributed by atoms with Gasteiger partial charge in [0.2, 0.25) is 5.95 Å². The molecule has 3 aromatic carbocycles. The minimum atomic E-state index is -0.241. The summed E-state index contributed by atoms with van der Waals surface area (Å²) in [6, 6.07) is 27.2. The maximum absolute atomic E-state index is 12.4. The number of rotatable bonds is 8. The van der Waals surface area contributed by atoms with Crippen molar-refractivity contribution in [3.8, 4) is 23.3 Å². The van der Waals surface area contributed by atoms with E-state index in [4.69, 9.17) is 16.3 Å². The van der Waals surface area contributed by atoms with Gasteiger partial charge in [0.1, 0.15) is 22.9 Å². The fourth-order valence-electron chi connectivity index (χ4n) is 4.18. The highest BCUT2D eigenvalue weighted by Crippen LogP contribution is 2.23. The van der Waals surface area contributed by atoms with Gasteiger partial charge >= 0.3 is 0 Å². The molecule has 0 saturated heterocycles. The number of carbonyl (C=O) groups excluding carboxylic acids is 1. The Morgan fingerprint density at radius 3 is 2.23 bits per heavy atom. The van der Waals surface area contributed by atoms with Gasteiger partial charge in [0, 0.05) is 25.0 Å². The summed E-state index contributed by atoms with van der Waals surface area (Å²) in [7, 11) is 1.72. The fraction of sp³-hybridized carbons (Fsp3) is 0.200. The zero-order valence-electron chi connectivity index (χ0n) is 25.5. The molecule has 0 radical (unpaired) electrons. The Kier molecular flexibility index (Phi) is 11.1.